The summed E-state index contributed by atoms with van der Waals surface area (Å²) in [6.45, 7) is 4.14. The van der Waals surface area contributed by atoms with Crippen LogP contribution >= 0.6 is 0 Å². The monoisotopic (exact) mass is 446 g/mol. The van der Waals surface area contributed by atoms with Crippen molar-refractivity contribution < 1.29 is 23.1 Å². The van der Waals surface area contributed by atoms with Crippen LogP contribution in [-0.2, 0) is 14.3 Å². The maximum absolute atomic E-state index is 13.5. The van der Waals surface area contributed by atoms with Crippen molar-refractivity contribution >= 4 is 17.5 Å². The van der Waals surface area contributed by atoms with Crippen molar-refractivity contribution in [2.24, 2.45) is 5.92 Å². The first-order chi connectivity index (χ1) is 15.3. The average molecular weight is 446 g/mol. The van der Waals surface area contributed by atoms with Gasteiger partial charge in [0.1, 0.15) is 12.0 Å². The van der Waals surface area contributed by atoms with Gasteiger partial charge in [-0.15, -0.1) is 0 Å². The third-order valence-electron chi connectivity index (χ3n) is 5.45. The van der Waals surface area contributed by atoms with Gasteiger partial charge in [0.2, 0.25) is 0 Å². The summed E-state index contributed by atoms with van der Waals surface area (Å²) < 4.78 is 31.8. The topological polar surface area (TPSA) is 94.5 Å². The number of ether oxygens (including phenoxy) is 1. The van der Waals surface area contributed by atoms with Crippen LogP contribution in [0.25, 0.3) is 0 Å². The molecule has 172 valence electrons. The number of nitrogens with zero attached hydrogens (tertiary/aromatic N) is 1. The van der Waals surface area contributed by atoms with E-state index in [0.29, 0.717) is 55.2 Å². The molecule has 1 aliphatic heterocycles. The number of carbonyl (C=O) groups excluding carboxylic acids is 2. The van der Waals surface area contributed by atoms with Gasteiger partial charge in [0.25, 0.3) is 11.8 Å². The van der Waals surface area contributed by atoms with E-state index < -0.39 is 12.0 Å². The largest absolute Gasteiger partial charge is 0.390 e. The van der Waals surface area contributed by atoms with Gasteiger partial charge < -0.3 is 25.7 Å². The number of halogens is 2. The van der Waals surface area contributed by atoms with E-state index in [2.05, 4.69) is 10.6 Å². The molecular formula is C23H28F2N4O3. The first-order valence-electron chi connectivity index (χ1n) is 10.5. The van der Waals surface area contributed by atoms with Gasteiger partial charge in [0.15, 0.2) is 0 Å². The van der Waals surface area contributed by atoms with Crippen molar-refractivity contribution in [3.8, 4) is 0 Å². The van der Waals surface area contributed by atoms with E-state index in [9.17, 15) is 18.4 Å². The number of rotatable bonds is 8. The second-order valence-electron chi connectivity index (χ2n) is 8.07. The third kappa shape index (κ3) is 5.79. The van der Waals surface area contributed by atoms with Crippen LogP contribution in [0.4, 0.5) is 8.78 Å². The molecule has 3 N–H and O–H groups in total. The van der Waals surface area contributed by atoms with E-state index >= 15 is 0 Å². The number of alkyl halides is 1. The lowest BCUT2D eigenvalue weighted by Crippen LogP contribution is -2.53. The minimum absolute atomic E-state index is 0.0639. The number of likely N-dealkylation sites (tertiary alicyclic amines) is 1. The molecule has 1 saturated heterocycles. The molecule has 1 fully saturated rings. The SMILES string of the molecule is COCCNC(=O)C1=C/C(=C/NCC2CN(C(=O)C3=CC(F)CC(F)=C3)C2)C(=N)C=C1C. The highest BCUT2D eigenvalue weighted by Gasteiger charge is 2.32. The highest BCUT2D eigenvalue weighted by atomic mass is 19.1. The summed E-state index contributed by atoms with van der Waals surface area (Å²) >= 11 is 0. The Morgan fingerprint density at radius 3 is 2.75 bits per heavy atom. The van der Waals surface area contributed by atoms with Crippen molar-refractivity contribution in [3.05, 3.63) is 58.6 Å². The smallest absolute Gasteiger partial charge is 0.253 e. The molecule has 0 saturated carbocycles. The predicted octanol–water partition coefficient (Wildman–Crippen LogP) is 2.11. The highest BCUT2D eigenvalue weighted by molar-refractivity contribution is 6.14. The lowest BCUT2D eigenvalue weighted by Gasteiger charge is -2.39. The van der Waals surface area contributed by atoms with Crippen LogP contribution in [-0.4, -0.2) is 68.5 Å². The van der Waals surface area contributed by atoms with E-state index in [0.717, 1.165) is 6.08 Å². The van der Waals surface area contributed by atoms with Gasteiger partial charge in [-0.3, -0.25) is 9.59 Å². The molecular weight excluding hydrogens is 418 g/mol. The normalized spacial score (nSPS) is 22.5. The Labute approximate surface area is 186 Å². The van der Waals surface area contributed by atoms with Crippen LogP contribution in [0.1, 0.15) is 13.3 Å². The lowest BCUT2D eigenvalue weighted by atomic mass is 9.93. The fourth-order valence-corrected chi connectivity index (χ4v) is 3.68. The van der Waals surface area contributed by atoms with Crippen LogP contribution in [0, 0.1) is 11.3 Å². The molecule has 3 aliphatic rings. The zero-order valence-electron chi connectivity index (χ0n) is 18.2. The van der Waals surface area contributed by atoms with Crippen LogP contribution in [0.2, 0.25) is 0 Å². The van der Waals surface area contributed by atoms with Gasteiger partial charge in [0.05, 0.1) is 12.3 Å². The number of hydrogen-bond acceptors (Lipinski definition) is 5. The second kappa shape index (κ2) is 10.5. The maximum atomic E-state index is 13.5. The van der Waals surface area contributed by atoms with Crippen molar-refractivity contribution in [1.82, 2.24) is 15.5 Å². The number of carbonyl (C=O) groups is 2. The number of hydrogen-bond donors (Lipinski definition) is 3. The Balaban J connectivity index is 1.50. The summed E-state index contributed by atoms with van der Waals surface area (Å²) in [6.07, 6.45) is 5.50. The summed E-state index contributed by atoms with van der Waals surface area (Å²) in [5, 5.41) is 14.1. The van der Waals surface area contributed by atoms with Gasteiger partial charge in [-0.05, 0) is 36.8 Å². The van der Waals surface area contributed by atoms with E-state index in [1.54, 1.807) is 37.3 Å². The summed E-state index contributed by atoms with van der Waals surface area (Å²) in [7, 11) is 1.56. The first-order valence-corrected chi connectivity index (χ1v) is 10.5. The van der Waals surface area contributed by atoms with Crippen LogP contribution in [0.15, 0.2) is 58.6 Å². The average Bonchev–Trinajstić information content (AvgIpc) is 2.70. The molecule has 9 heteroatoms. The molecule has 0 aromatic carbocycles. The summed E-state index contributed by atoms with van der Waals surface area (Å²) in [4.78, 5) is 26.3. The molecule has 3 rings (SSSR count). The standard InChI is InChI=1S/C23H28F2N4O3/c1-14-5-21(26)17(8-20(14)22(30)28-3-4-32-2)11-27-10-15-12-29(13-15)23(31)16-6-18(24)9-19(25)7-16/h5-8,11,15,18,26-27H,3-4,9-10,12-13H2,1-2H3,(H,28,30)/b17-11-,26-21?. The Hall–Kier alpha value is -3.07. The van der Waals surface area contributed by atoms with Crippen molar-refractivity contribution in [3.63, 3.8) is 0 Å². The molecule has 1 atom stereocenters. The fourth-order valence-electron chi connectivity index (χ4n) is 3.68. The first kappa shape index (κ1) is 23.6. The van der Waals surface area contributed by atoms with E-state index in [1.165, 1.54) is 6.08 Å². The molecule has 0 spiro atoms. The van der Waals surface area contributed by atoms with Gasteiger partial charge in [-0.1, -0.05) is 0 Å². The number of methoxy groups -OCH3 is 1. The van der Waals surface area contributed by atoms with Gasteiger partial charge >= 0.3 is 0 Å². The molecule has 2 amide bonds. The molecule has 1 unspecified atom stereocenters. The van der Waals surface area contributed by atoms with E-state index in [-0.39, 0.29) is 29.7 Å². The Bertz CT molecular complexity index is 943. The number of allylic oxidation sites excluding steroid dienone is 5. The van der Waals surface area contributed by atoms with Crippen molar-refractivity contribution in [2.45, 2.75) is 19.5 Å². The predicted molar refractivity (Wildman–Crippen MR) is 117 cm³/mol. The number of nitrogens with one attached hydrogen (secondary N) is 3. The van der Waals surface area contributed by atoms with Crippen molar-refractivity contribution in [1.29, 1.82) is 5.41 Å². The highest BCUT2D eigenvalue weighted by Crippen LogP contribution is 2.25. The molecule has 2 aliphatic carbocycles. The lowest BCUT2D eigenvalue weighted by molar-refractivity contribution is -0.132. The van der Waals surface area contributed by atoms with Gasteiger partial charge in [-0.2, -0.15) is 0 Å². The Morgan fingerprint density at radius 2 is 2.06 bits per heavy atom. The third-order valence-corrected chi connectivity index (χ3v) is 5.45. The quantitative estimate of drug-likeness (QED) is 0.498. The van der Waals surface area contributed by atoms with Gasteiger partial charge in [0, 0.05) is 68.5 Å². The summed E-state index contributed by atoms with van der Waals surface area (Å²) in [6, 6.07) is 0. The van der Waals surface area contributed by atoms with Crippen LogP contribution in [0.5, 0.6) is 0 Å². The molecule has 0 radical (unpaired) electrons. The van der Waals surface area contributed by atoms with Crippen LogP contribution in [0.3, 0.4) is 0 Å². The van der Waals surface area contributed by atoms with E-state index in [1.807, 2.05) is 0 Å². The Morgan fingerprint density at radius 1 is 1.31 bits per heavy atom. The number of amides is 2. The zero-order chi connectivity index (χ0) is 23.3. The molecule has 0 bridgehead atoms. The molecule has 32 heavy (non-hydrogen) atoms. The Kier molecular flexibility index (Phi) is 7.74. The van der Waals surface area contributed by atoms with Crippen LogP contribution < -0.4 is 10.6 Å². The van der Waals surface area contributed by atoms with E-state index in [4.69, 9.17) is 10.1 Å². The fraction of sp³-hybridized carbons (Fsp3) is 0.435. The molecule has 7 nitrogen and oxygen atoms in total. The minimum Gasteiger partial charge on any atom is -0.390 e. The van der Waals surface area contributed by atoms with Crippen molar-refractivity contribution in [2.75, 3.05) is 39.9 Å². The second-order valence-corrected chi connectivity index (χ2v) is 8.07. The minimum atomic E-state index is -1.46. The molecule has 1 heterocycles. The zero-order valence-corrected chi connectivity index (χ0v) is 18.2. The molecule has 0 aromatic heterocycles. The summed E-state index contributed by atoms with van der Waals surface area (Å²) in [5.41, 5.74) is 2.16. The summed E-state index contributed by atoms with van der Waals surface area (Å²) in [5.74, 6) is -1.02. The maximum Gasteiger partial charge on any atom is 0.253 e. The molecule has 0 aromatic rings. The van der Waals surface area contributed by atoms with Gasteiger partial charge in [-0.25, -0.2) is 8.78 Å².